The zero-order chi connectivity index (χ0) is 21.4. The largest absolute Gasteiger partial charge is 0.243 e. The number of nitrogens with two attached hydrogens (primary N) is 1. The summed E-state index contributed by atoms with van der Waals surface area (Å²) in [6.07, 6.45) is 2.85. The summed E-state index contributed by atoms with van der Waals surface area (Å²) in [7, 11) is -8.38. The molecule has 3 aromatic rings. The van der Waals surface area contributed by atoms with Gasteiger partial charge in [-0.05, 0) is 55.3 Å². The van der Waals surface area contributed by atoms with Crippen LogP contribution in [0.3, 0.4) is 0 Å². The molecule has 0 atom stereocenters. The quantitative estimate of drug-likeness (QED) is 0.592. The number of benzene rings is 2. The molecular weight excluding hydrogens is 436 g/mol. The molecule has 1 heterocycles. The first-order valence-electron chi connectivity index (χ1n) is 8.48. The van der Waals surface area contributed by atoms with Gasteiger partial charge in [0.15, 0.2) is 0 Å². The molecule has 0 amide bonds. The van der Waals surface area contributed by atoms with Gasteiger partial charge in [0, 0.05) is 23.5 Å². The first kappa shape index (κ1) is 21.5. The van der Waals surface area contributed by atoms with E-state index in [1.165, 1.54) is 29.2 Å². The molecule has 29 heavy (non-hydrogen) atoms. The van der Waals surface area contributed by atoms with Gasteiger partial charge in [-0.1, -0.05) is 23.7 Å². The Hall–Kier alpha value is -2.24. The summed E-state index contributed by atoms with van der Waals surface area (Å²) in [6.45, 7) is 3.32. The lowest BCUT2D eigenvalue weighted by Gasteiger charge is -2.18. The van der Waals surface area contributed by atoms with E-state index in [-0.39, 0.29) is 15.5 Å². The molecule has 0 aliphatic rings. The molecule has 0 aliphatic heterocycles. The summed E-state index contributed by atoms with van der Waals surface area (Å²) in [5.41, 5.74) is 0.779. The molecule has 3 N–H and O–H groups in total. The van der Waals surface area contributed by atoms with Gasteiger partial charge in [0.2, 0.25) is 20.0 Å². The third-order valence-corrected chi connectivity index (χ3v) is 6.79. The van der Waals surface area contributed by atoms with E-state index < -0.39 is 26.1 Å². The van der Waals surface area contributed by atoms with Crippen LogP contribution in [0.1, 0.15) is 13.8 Å². The molecule has 2 aromatic carbocycles. The standard InChI is InChI=1S/C18H19ClN4O4S2/c1-12(2)22-29(26,27)17-11-14(13-4-6-15(19)7-5-13)10-16(28(20,24)25)18(17)23-9-3-8-21-23/h3-12,22H,1-2H3,(H2,20,24,25). The number of primary sulfonamides is 1. The monoisotopic (exact) mass is 454 g/mol. The summed E-state index contributed by atoms with van der Waals surface area (Å²) in [5.74, 6) is 0. The maximum absolute atomic E-state index is 13.1. The van der Waals surface area contributed by atoms with Crippen LogP contribution in [-0.4, -0.2) is 32.7 Å². The second kappa shape index (κ2) is 7.88. The van der Waals surface area contributed by atoms with E-state index >= 15 is 0 Å². The third kappa shape index (κ3) is 4.68. The molecule has 0 aliphatic carbocycles. The van der Waals surface area contributed by atoms with Crippen LogP contribution >= 0.6 is 11.6 Å². The first-order chi connectivity index (χ1) is 13.5. The zero-order valence-electron chi connectivity index (χ0n) is 15.6. The number of sulfonamides is 2. The molecule has 0 unspecified atom stereocenters. The Labute approximate surface area is 174 Å². The minimum atomic E-state index is -4.29. The normalized spacial score (nSPS) is 12.4. The maximum atomic E-state index is 13.1. The summed E-state index contributed by atoms with van der Waals surface area (Å²) >= 11 is 5.92. The second-order valence-electron chi connectivity index (χ2n) is 6.60. The van der Waals surface area contributed by atoms with Gasteiger partial charge in [-0.3, -0.25) is 0 Å². The van der Waals surface area contributed by atoms with Crippen molar-refractivity contribution in [2.24, 2.45) is 5.14 Å². The molecule has 11 heteroatoms. The molecule has 0 saturated heterocycles. The molecule has 0 spiro atoms. The minimum absolute atomic E-state index is 0.150. The molecular formula is C18H19ClN4O4S2. The highest BCUT2D eigenvalue weighted by atomic mass is 35.5. The second-order valence-corrected chi connectivity index (χ2v) is 10.2. The molecule has 0 bridgehead atoms. The number of nitrogens with zero attached hydrogens (tertiary/aromatic N) is 2. The van der Waals surface area contributed by atoms with Crippen LogP contribution in [0.4, 0.5) is 0 Å². The van der Waals surface area contributed by atoms with E-state index in [2.05, 4.69) is 9.82 Å². The predicted molar refractivity (Wildman–Crippen MR) is 111 cm³/mol. The summed E-state index contributed by atoms with van der Waals surface area (Å²) < 4.78 is 54.6. The fraction of sp³-hybridized carbons (Fsp3) is 0.167. The molecule has 154 valence electrons. The molecule has 0 saturated carbocycles. The van der Waals surface area contributed by atoms with Crippen molar-refractivity contribution >= 4 is 31.6 Å². The number of halogens is 1. The van der Waals surface area contributed by atoms with Crippen LogP contribution in [0.15, 0.2) is 64.6 Å². The van der Waals surface area contributed by atoms with Gasteiger partial charge in [0.05, 0.1) is 0 Å². The van der Waals surface area contributed by atoms with Gasteiger partial charge in [-0.2, -0.15) is 5.10 Å². The first-order valence-corrected chi connectivity index (χ1v) is 11.9. The van der Waals surface area contributed by atoms with Crippen LogP contribution < -0.4 is 9.86 Å². The lowest BCUT2D eigenvalue weighted by molar-refractivity contribution is 0.568. The number of hydrogen-bond acceptors (Lipinski definition) is 5. The molecule has 1 aromatic heterocycles. The van der Waals surface area contributed by atoms with Crippen molar-refractivity contribution in [2.45, 2.75) is 29.7 Å². The van der Waals surface area contributed by atoms with Gasteiger partial charge in [0.25, 0.3) is 0 Å². The Morgan fingerprint density at radius 3 is 2.17 bits per heavy atom. The van der Waals surface area contributed by atoms with Crippen molar-refractivity contribution in [2.75, 3.05) is 0 Å². The Morgan fingerprint density at radius 1 is 1.03 bits per heavy atom. The Balaban J connectivity index is 2.42. The van der Waals surface area contributed by atoms with Crippen molar-refractivity contribution in [3.8, 4) is 16.8 Å². The average Bonchev–Trinajstić information content (AvgIpc) is 3.14. The van der Waals surface area contributed by atoms with E-state index in [9.17, 15) is 16.8 Å². The van der Waals surface area contributed by atoms with E-state index in [0.717, 1.165) is 0 Å². The van der Waals surface area contributed by atoms with Gasteiger partial charge in [-0.15, -0.1) is 0 Å². The minimum Gasteiger partial charge on any atom is -0.238 e. The van der Waals surface area contributed by atoms with E-state index in [1.807, 2.05) is 0 Å². The van der Waals surface area contributed by atoms with Gasteiger partial charge >= 0.3 is 0 Å². The van der Waals surface area contributed by atoms with Gasteiger partial charge in [0.1, 0.15) is 15.5 Å². The smallest absolute Gasteiger partial charge is 0.238 e. The molecule has 3 rings (SSSR count). The highest BCUT2D eigenvalue weighted by molar-refractivity contribution is 7.90. The van der Waals surface area contributed by atoms with Crippen LogP contribution in [0, 0.1) is 0 Å². The third-order valence-electron chi connectivity index (χ3n) is 3.94. The van der Waals surface area contributed by atoms with E-state index in [0.29, 0.717) is 16.1 Å². The van der Waals surface area contributed by atoms with Gasteiger partial charge < -0.3 is 0 Å². The number of nitrogens with one attached hydrogen (secondary N) is 1. The van der Waals surface area contributed by atoms with E-state index in [1.54, 1.807) is 44.2 Å². The van der Waals surface area contributed by atoms with Crippen molar-refractivity contribution in [1.82, 2.24) is 14.5 Å². The lowest BCUT2D eigenvalue weighted by atomic mass is 10.1. The van der Waals surface area contributed by atoms with Crippen LogP contribution in [0.25, 0.3) is 16.8 Å². The number of hydrogen-bond donors (Lipinski definition) is 2. The predicted octanol–water partition coefficient (Wildman–Crippen LogP) is 2.53. The average molecular weight is 455 g/mol. The topological polar surface area (TPSA) is 124 Å². The van der Waals surface area contributed by atoms with Crippen LogP contribution in [-0.2, 0) is 20.0 Å². The molecule has 0 radical (unpaired) electrons. The van der Waals surface area contributed by atoms with Crippen LogP contribution in [0.5, 0.6) is 0 Å². The van der Waals surface area contributed by atoms with Gasteiger partial charge in [-0.25, -0.2) is 31.4 Å². The van der Waals surface area contributed by atoms with E-state index in [4.69, 9.17) is 16.7 Å². The Kier molecular flexibility index (Phi) is 5.84. The summed E-state index contributed by atoms with van der Waals surface area (Å²) in [6, 6.07) is 10.4. The zero-order valence-corrected chi connectivity index (χ0v) is 18.0. The van der Waals surface area contributed by atoms with Crippen molar-refractivity contribution in [3.63, 3.8) is 0 Å². The highest BCUT2D eigenvalue weighted by Gasteiger charge is 2.28. The summed E-state index contributed by atoms with van der Waals surface area (Å²) in [5, 5.41) is 9.95. The fourth-order valence-corrected chi connectivity index (χ4v) is 5.26. The van der Waals surface area contributed by atoms with Crippen LogP contribution in [0.2, 0.25) is 5.02 Å². The van der Waals surface area contributed by atoms with Crippen molar-refractivity contribution < 1.29 is 16.8 Å². The SMILES string of the molecule is CC(C)NS(=O)(=O)c1cc(-c2ccc(Cl)cc2)cc(S(N)(=O)=O)c1-n1cccn1. The molecule has 8 nitrogen and oxygen atoms in total. The lowest BCUT2D eigenvalue weighted by Crippen LogP contribution is -2.31. The summed E-state index contributed by atoms with van der Waals surface area (Å²) in [4.78, 5) is -0.621. The number of rotatable bonds is 6. The Morgan fingerprint density at radius 2 is 1.66 bits per heavy atom. The maximum Gasteiger partial charge on any atom is 0.243 e. The number of aromatic nitrogens is 2. The Bertz CT molecular complexity index is 1240. The van der Waals surface area contributed by atoms with Crippen molar-refractivity contribution in [3.05, 3.63) is 59.9 Å². The highest BCUT2D eigenvalue weighted by Crippen LogP contribution is 2.33. The van der Waals surface area contributed by atoms with Crippen molar-refractivity contribution in [1.29, 1.82) is 0 Å². The fourth-order valence-electron chi connectivity index (χ4n) is 2.81. The molecule has 0 fully saturated rings.